The second-order valence-electron chi connectivity index (χ2n) is 3.12. The molecular weight excluding hydrogens is 210 g/mol. The summed E-state index contributed by atoms with van der Waals surface area (Å²) in [5.74, 6) is 0.347. The first-order valence-electron chi connectivity index (χ1n) is 4.53. The molecule has 0 unspecified atom stereocenters. The summed E-state index contributed by atoms with van der Waals surface area (Å²) in [5.41, 5.74) is 1.33. The lowest BCUT2D eigenvalue weighted by molar-refractivity contribution is 0.112. The Bertz CT molecular complexity index is 518. The maximum Gasteiger partial charge on any atom is 0.160 e. The van der Waals surface area contributed by atoms with Crippen LogP contribution in [0.15, 0.2) is 29.0 Å². The third kappa shape index (κ3) is 1.63. The van der Waals surface area contributed by atoms with Crippen LogP contribution in [0.25, 0.3) is 11.3 Å². The van der Waals surface area contributed by atoms with Crippen molar-refractivity contribution in [3.63, 3.8) is 0 Å². The molecule has 0 aliphatic carbocycles. The van der Waals surface area contributed by atoms with E-state index in [1.54, 1.807) is 12.1 Å². The van der Waals surface area contributed by atoms with Gasteiger partial charge in [0.1, 0.15) is 12.0 Å². The van der Waals surface area contributed by atoms with Gasteiger partial charge in [0.2, 0.25) is 0 Å². The minimum Gasteiger partial charge on any atom is -0.504 e. The average molecular weight is 219 g/mol. The van der Waals surface area contributed by atoms with Gasteiger partial charge in [-0.2, -0.15) is 0 Å². The van der Waals surface area contributed by atoms with Crippen LogP contribution in [0.3, 0.4) is 0 Å². The van der Waals surface area contributed by atoms with E-state index in [1.807, 2.05) is 0 Å². The molecule has 0 aliphatic rings. The van der Waals surface area contributed by atoms with E-state index in [-0.39, 0.29) is 5.75 Å². The summed E-state index contributed by atoms with van der Waals surface area (Å²) in [6.07, 6.45) is 1.90. The van der Waals surface area contributed by atoms with Gasteiger partial charge in [0.25, 0.3) is 0 Å². The Kier molecular flexibility index (Phi) is 2.59. The van der Waals surface area contributed by atoms with Crippen LogP contribution in [-0.4, -0.2) is 23.7 Å². The number of hydrogen-bond donors (Lipinski definition) is 1. The summed E-state index contributed by atoms with van der Waals surface area (Å²) in [4.78, 5) is 10.7. The molecule has 2 aromatic rings. The molecule has 0 bridgehead atoms. The molecule has 5 heteroatoms. The fourth-order valence-electron chi connectivity index (χ4n) is 1.38. The van der Waals surface area contributed by atoms with Crippen LogP contribution in [0.5, 0.6) is 11.5 Å². The lowest BCUT2D eigenvalue weighted by atomic mass is 10.1. The van der Waals surface area contributed by atoms with Gasteiger partial charge in [-0.3, -0.25) is 4.79 Å². The maximum absolute atomic E-state index is 10.7. The van der Waals surface area contributed by atoms with Gasteiger partial charge in [0, 0.05) is 5.56 Å². The van der Waals surface area contributed by atoms with Crippen LogP contribution in [0.2, 0.25) is 0 Å². The molecule has 82 valence electrons. The Morgan fingerprint density at radius 3 is 2.94 bits per heavy atom. The molecule has 2 rings (SSSR count). The van der Waals surface area contributed by atoms with Crippen molar-refractivity contribution in [1.82, 2.24) is 5.16 Å². The number of methoxy groups -OCH3 is 1. The molecular formula is C11H9NO4. The summed E-state index contributed by atoms with van der Waals surface area (Å²) in [5, 5.41) is 13.3. The molecule has 0 radical (unpaired) electrons. The molecule has 1 aromatic heterocycles. The first-order chi connectivity index (χ1) is 7.76. The van der Waals surface area contributed by atoms with Gasteiger partial charge < -0.3 is 14.4 Å². The van der Waals surface area contributed by atoms with E-state index in [1.165, 1.54) is 19.4 Å². The number of benzene rings is 1. The third-order valence-electron chi connectivity index (χ3n) is 2.18. The fraction of sp³-hybridized carbons (Fsp3) is 0.0909. The molecule has 16 heavy (non-hydrogen) atoms. The summed E-state index contributed by atoms with van der Waals surface area (Å²) >= 11 is 0. The van der Waals surface area contributed by atoms with Gasteiger partial charge in [0.05, 0.1) is 12.7 Å². The highest BCUT2D eigenvalue weighted by molar-refractivity contribution is 5.85. The number of phenolic OH excluding ortho intramolecular Hbond substituents is 1. The lowest BCUT2D eigenvalue weighted by Gasteiger charge is -2.04. The Hall–Kier alpha value is -2.30. The summed E-state index contributed by atoms with van der Waals surface area (Å²) in [6.45, 7) is 0. The number of nitrogens with zero attached hydrogens (tertiary/aromatic N) is 1. The summed E-state index contributed by atoms with van der Waals surface area (Å²) in [6, 6.07) is 4.74. The van der Waals surface area contributed by atoms with Crippen molar-refractivity contribution >= 4 is 6.29 Å². The molecule has 0 amide bonds. The highest BCUT2D eigenvalue weighted by Crippen LogP contribution is 2.31. The molecule has 1 aromatic carbocycles. The van der Waals surface area contributed by atoms with Gasteiger partial charge in [-0.05, 0) is 18.2 Å². The SMILES string of the molecule is COc1ccc(-c2nocc2C=O)cc1O. The molecule has 0 aliphatic heterocycles. The zero-order chi connectivity index (χ0) is 11.5. The van der Waals surface area contributed by atoms with E-state index in [0.29, 0.717) is 28.9 Å². The predicted molar refractivity (Wildman–Crippen MR) is 55.5 cm³/mol. The van der Waals surface area contributed by atoms with Crippen LogP contribution >= 0.6 is 0 Å². The zero-order valence-corrected chi connectivity index (χ0v) is 8.51. The molecule has 0 atom stereocenters. The zero-order valence-electron chi connectivity index (χ0n) is 8.51. The van der Waals surface area contributed by atoms with Crippen molar-refractivity contribution in [3.05, 3.63) is 30.0 Å². The van der Waals surface area contributed by atoms with Crippen LogP contribution in [-0.2, 0) is 0 Å². The summed E-state index contributed by atoms with van der Waals surface area (Å²) in [7, 11) is 1.46. The van der Waals surface area contributed by atoms with Gasteiger partial charge in [0.15, 0.2) is 17.8 Å². The molecule has 0 saturated heterocycles. The molecule has 0 spiro atoms. The van der Waals surface area contributed by atoms with E-state index in [0.717, 1.165) is 0 Å². The number of aldehydes is 1. The first-order valence-corrected chi connectivity index (χ1v) is 4.53. The fourth-order valence-corrected chi connectivity index (χ4v) is 1.38. The molecule has 0 fully saturated rings. The Morgan fingerprint density at radius 1 is 1.50 bits per heavy atom. The van der Waals surface area contributed by atoms with Crippen molar-refractivity contribution in [2.75, 3.05) is 7.11 Å². The van der Waals surface area contributed by atoms with Gasteiger partial charge >= 0.3 is 0 Å². The lowest BCUT2D eigenvalue weighted by Crippen LogP contribution is -1.87. The van der Waals surface area contributed by atoms with Crippen molar-refractivity contribution in [3.8, 4) is 22.8 Å². The number of ether oxygens (including phenoxy) is 1. The second kappa shape index (κ2) is 4.06. The number of aromatic nitrogens is 1. The number of carbonyl (C=O) groups excluding carboxylic acids is 1. The average Bonchev–Trinajstić information content (AvgIpc) is 2.77. The van der Waals surface area contributed by atoms with Crippen molar-refractivity contribution in [1.29, 1.82) is 0 Å². The van der Waals surface area contributed by atoms with Crippen LogP contribution in [0.1, 0.15) is 10.4 Å². The third-order valence-corrected chi connectivity index (χ3v) is 2.18. The van der Waals surface area contributed by atoms with Crippen LogP contribution in [0, 0.1) is 0 Å². The second-order valence-corrected chi connectivity index (χ2v) is 3.12. The Morgan fingerprint density at radius 2 is 2.31 bits per heavy atom. The van der Waals surface area contributed by atoms with E-state index in [4.69, 9.17) is 9.26 Å². The number of aromatic hydroxyl groups is 1. The monoisotopic (exact) mass is 219 g/mol. The van der Waals surface area contributed by atoms with E-state index in [9.17, 15) is 9.90 Å². The van der Waals surface area contributed by atoms with Gasteiger partial charge in [-0.15, -0.1) is 0 Å². The van der Waals surface area contributed by atoms with Crippen molar-refractivity contribution < 1.29 is 19.2 Å². The highest BCUT2D eigenvalue weighted by Gasteiger charge is 2.11. The first kappa shape index (κ1) is 10.2. The van der Waals surface area contributed by atoms with E-state index >= 15 is 0 Å². The standard InChI is InChI=1S/C11H9NO4/c1-15-10-3-2-7(4-9(10)14)11-8(5-13)6-16-12-11/h2-6,14H,1H3. The minimum atomic E-state index is -0.0140. The molecule has 5 nitrogen and oxygen atoms in total. The number of hydrogen-bond acceptors (Lipinski definition) is 5. The van der Waals surface area contributed by atoms with Crippen molar-refractivity contribution in [2.45, 2.75) is 0 Å². The number of phenols is 1. The van der Waals surface area contributed by atoms with Crippen molar-refractivity contribution in [2.24, 2.45) is 0 Å². The normalized spacial score (nSPS) is 10.1. The quantitative estimate of drug-likeness (QED) is 0.797. The number of carbonyl (C=O) groups is 1. The Labute approximate surface area is 91.3 Å². The Balaban J connectivity index is 2.49. The van der Waals surface area contributed by atoms with Gasteiger partial charge in [-0.25, -0.2) is 0 Å². The largest absolute Gasteiger partial charge is 0.504 e. The maximum atomic E-state index is 10.7. The van der Waals surface area contributed by atoms with Crippen LogP contribution < -0.4 is 4.74 Å². The smallest absolute Gasteiger partial charge is 0.160 e. The molecule has 1 N–H and O–H groups in total. The highest BCUT2D eigenvalue weighted by atomic mass is 16.5. The predicted octanol–water partition coefficient (Wildman–Crippen LogP) is 1.87. The number of rotatable bonds is 3. The van der Waals surface area contributed by atoms with Crippen LogP contribution in [0.4, 0.5) is 0 Å². The van der Waals surface area contributed by atoms with E-state index in [2.05, 4.69) is 5.16 Å². The molecule has 1 heterocycles. The topological polar surface area (TPSA) is 72.6 Å². The summed E-state index contributed by atoms with van der Waals surface area (Å²) < 4.78 is 9.60. The van der Waals surface area contributed by atoms with E-state index < -0.39 is 0 Å². The minimum absolute atomic E-state index is 0.0140. The molecule has 0 saturated carbocycles. The van der Waals surface area contributed by atoms with Gasteiger partial charge in [-0.1, -0.05) is 5.16 Å².